The molecule has 9 heteroatoms. The fourth-order valence-corrected chi connectivity index (χ4v) is 4.38. The molecule has 0 aliphatic carbocycles. The van der Waals surface area contributed by atoms with Crippen LogP contribution < -0.4 is 21.1 Å². The van der Waals surface area contributed by atoms with Gasteiger partial charge in [-0.3, -0.25) is 9.59 Å². The summed E-state index contributed by atoms with van der Waals surface area (Å²) in [5, 5.41) is 6.49. The number of benzene rings is 2. The second kappa shape index (κ2) is 16.7. The summed E-state index contributed by atoms with van der Waals surface area (Å²) in [5.41, 5.74) is 7.41. The number of carbonyl (C=O) groups is 2. The molecule has 0 aliphatic heterocycles. The number of thiocarbonyl (C=S) groups is 1. The molecule has 0 aliphatic rings. The molecule has 0 fully saturated rings. The Morgan fingerprint density at radius 2 is 1.68 bits per heavy atom. The van der Waals surface area contributed by atoms with Crippen molar-refractivity contribution in [3.63, 3.8) is 0 Å². The number of nitrogens with two attached hydrogens (primary N) is 1. The molecule has 3 atom stereocenters. The molecule has 202 valence electrons. The molecule has 37 heavy (non-hydrogen) atoms. The summed E-state index contributed by atoms with van der Waals surface area (Å²) in [6.07, 6.45) is 0.608. The fourth-order valence-electron chi connectivity index (χ4n) is 4.05. The first-order chi connectivity index (χ1) is 17.8. The zero-order valence-electron chi connectivity index (χ0n) is 21.9. The first-order valence-corrected chi connectivity index (χ1v) is 12.9. The third-order valence-corrected chi connectivity index (χ3v) is 6.60. The number of ether oxygens (including phenoxy) is 3. The van der Waals surface area contributed by atoms with Gasteiger partial charge in [0, 0.05) is 44.4 Å². The lowest BCUT2D eigenvalue weighted by Gasteiger charge is -2.34. The van der Waals surface area contributed by atoms with Crippen LogP contribution in [-0.2, 0) is 25.5 Å². The van der Waals surface area contributed by atoms with Gasteiger partial charge >= 0.3 is 0 Å². The molecule has 0 saturated carbocycles. The van der Waals surface area contributed by atoms with Gasteiger partial charge in [-0.25, -0.2) is 0 Å². The largest absolute Gasteiger partial charge is 0.497 e. The highest BCUT2D eigenvalue weighted by Crippen LogP contribution is 2.28. The van der Waals surface area contributed by atoms with E-state index in [4.69, 9.17) is 32.2 Å². The maximum Gasteiger partial charge on any atom is 0.220 e. The molecule has 8 nitrogen and oxygen atoms in total. The molecule has 1 unspecified atom stereocenters. The third-order valence-electron chi connectivity index (χ3n) is 6.15. The molecule has 0 bridgehead atoms. The van der Waals surface area contributed by atoms with E-state index in [-0.39, 0.29) is 36.6 Å². The first kappa shape index (κ1) is 30.2. The van der Waals surface area contributed by atoms with Gasteiger partial charge in [-0.15, -0.1) is 0 Å². The van der Waals surface area contributed by atoms with E-state index in [1.165, 1.54) is 0 Å². The van der Waals surface area contributed by atoms with E-state index in [0.717, 1.165) is 16.9 Å². The van der Waals surface area contributed by atoms with E-state index in [1.54, 1.807) is 14.2 Å². The summed E-state index contributed by atoms with van der Waals surface area (Å²) >= 11 is 5.89. The Morgan fingerprint density at radius 1 is 0.973 bits per heavy atom. The lowest BCUT2D eigenvalue weighted by molar-refractivity contribution is -0.125. The van der Waals surface area contributed by atoms with Crippen molar-refractivity contribution in [3.8, 4) is 5.75 Å². The molecule has 2 amide bonds. The molecule has 2 aromatic rings. The number of amides is 2. The molecule has 0 saturated heterocycles. The summed E-state index contributed by atoms with van der Waals surface area (Å²) < 4.78 is 15.9. The monoisotopic (exact) mass is 529 g/mol. The summed E-state index contributed by atoms with van der Waals surface area (Å²) in [6.45, 7) is 4.11. The van der Waals surface area contributed by atoms with Crippen LogP contribution in [0.4, 0.5) is 0 Å². The smallest absolute Gasteiger partial charge is 0.220 e. The molecule has 2 aromatic carbocycles. The van der Waals surface area contributed by atoms with Crippen molar-refractivity contribution in [1.29, 1.82) is 0 Å². The normalized spacial score (nSPS) is 13.3. The van der Waals surface area contributed by atoms with Crippen LogP contribution in [0, 0.1) is 5.92 Å². The van der Waals surface area contributed by atoms with Crippen molar-refractivity contribution in [3.05, 3.63) is 65.7 Å². The number of rotatable bonds is 17. The van der Waals surface area contributed by atoms with E-state index in [0.29, 0.717) is 37.8 Å². The summed E-state index contributed by atoms with van der Waals surface area (Å²) in [5.74, 6) is -0.266. The summed E-state index contributed by atoms with van der Waals surface area (Å²) in [7, 11) is 3.26. The Morgan fingerprint density at radius 3 is 2.30 bits per heavy atom. The first-order valence-electron chi connectivity index (χ1n) is 12.5. The van der Waals surface area contributed by atoms with E-state index >= 15 is 0 Å². The molecule has 0 spiro atoms. The number of carbonyl (C=O) groups excluding carboxylic acids is 2. The Bertz CT molecular complexity index is 972. The highest BCUT2D eigenvalue weighted by Gasteiger charge is 2.32. The number of hydrogen-bond acceptors (Lipinski definition) is 6. The Balaban J connectivity index is 2.30. The molecular weight excluding hydrogens is 490 g/mol. The van der Waals surface area contributed by atoms with Gasteiger partial charge in [0.2, 0.25) is 11.8 Å². The lowest BCUT2D eigenvalue weighted by Crippen LogP contribution is -2.50. The summed E-state index contributed by atoms with van der Waals surface area (Å²) in [6, 6.07) is 17.5. The maximum atomic E-state index is 12.9. The van der Waals surface area contributed by atoms with Crippen molar-refractivity contribution in [2.24, 2.45) is 11.7 Å². The van der Waals surface area contributed by atoms with Crippen LogP contribution in [0.1, 0.15) is 36.8 Å². The molecule has 4 N–H and O–H groups in total. The number of hydrogen-bond donors (Lipinski definition) is 3. The zero-order chi connectivity index (χ0) is 27.0. The second-order valence-corrected chi connectivity index (χ2v) is 9.25. The van der Waals surface area contributed by atoms with Crippen molar-refractivity contribution >= 4 is 29.0 Å². The molecule has 2 rings (SSSR count). The molecule has 0 aromatic heterocycles. The average Bonchev–Trinajstić information content (AvgIpc) is 2.91. The molecular formula is C28H39N3O5S. The zero-order valence-corrected chi connectivity index (χ0v) is 22.7. The standard InChI is InChI=1S/C28H39N3O5S/c1-20(22-7-5-4-6-8-22)27(31-26(33)14-13-25(29)32)24(19-21-9-11-23(35-3)12-10-21)28(37)30-15-16-36-18-17-34-2/h4-12,20,24,27H,13-19H2,1-3H3,(H2,29,32)(H,30,37)(H,31,33)/t20-,24+,27?/m1/s1. The number of primary amides is 1. The average molecular weight is 530 g/mol. The third kappa shape index (κ3) is 10.9. The minimum absolute atomic E-state index is 0.0110. The SMILES string of the molecule is COCCOCCNC(=S)[C@@H](Cc1ccc(OC)cc1)C(NC(=O)CCC(N)=O)[C@H](C)c1ccccc1. The second-order valence-electron chi connectivity index (χ2n) is 8.81. The van der Waals surface area contributed by atoms with E-state index < -0.39 is 5.91 Å². The predicted molar refractivity (Wildman–Crippen MR) is 149 cm³/mol. The van der Waals surface area contributed by atoms with Gasteiger partial charge in [-0.2, -0.15) is 0 Å². The van der Waals surface area contributed by atoms with Gasteiger partial charge < -0.3 is 30.6 Å². The van der Waals surface area contributed by atoms with Crippen LogP contribution in [-0.4, -0.2) is 63.4 Å². The van der Waals surface area contributed by atoms with Gasteiger partial charge in [0.25, 0.3) is 0 Å². The number of nitrogens with one attached hydrogen (secondary N) is 2. The van der Waals surface area contributed by atoms with Crippen LogP contribution in [0.25, 0.3) is 0 Å². The van der Waals surface area contributed by atoms with E-state index in [1.807, 2.05) is 54.6 Å². The van der Waals surface area contributed by atoms with Crippen LogP contribution in [0.5, 0.6) is 5.75 Å². The maximum absolute atomic E-state index is 12.9. The minimum atomic E-state index is -0.511. The fraction of sp³-hybridized carbons (Fsp3) is 0.464. The predicted octanol–water partition coefficient (Wildman–Crippen LogP) is 2.99. The van der Waals surface area contributed by atoms with Crippen LogP contribution in [0.15, 0.2) is 54.6 Å². The highest BCUT2D eigenvalue weighted by molar-refractivity contribution is 7.80. The topological polar surface area (TPSA) is 112 Å². The van der Waals surface area contributed by atoms with E-state index in [9.17, 15) is 9.59 Å². The van der Waals surface area contributed by atoms with Gasteiger partial charge in [-0.05, 0) is 29.7 Å². The van der Waals surface area contributed by atoms with Gasteiger partial charge in [0.15, 0.2) is 0 Å². The van der Waals surface area contributed by atoms with Crippen molar-refractivity contribution in [2.75, 3.05) is 40.6 Å². The highest BCUT2D eigenvalue weighted by atomic mass is 32.1. The van der Waals surface area contributed by atoms with Crippen molar-refractivity contribution in [2.45, 2.75) is 38.1 Å². The minimum Gasteiger partial charge on any atom is -0.497 e. The van der Waals surface area contributed by atoms with Crippen LogP contribution in [0.3, 0.4) is 0 Å². The number of methoxy groups -OCH3 is 2. The van der Waals surface area contributed by atoms with Crippen molar-refractivity contribution in [1.82, 2.24) is 10.6 Å². The lowest BCUT2D eigenvalue weighted by atomic mass is 9.81. The summed E-state index contributed by atoms with van der Waals surface area (Å²) in [4.78, 5) is 24.8. The van der Waals surface area contributed by atoms with E-state index in [2.05, 4.69) is 17.6 Å². The quantitative estimate of drug-likeness (QED) is 0.213. The Kier molecular flexibility index (Phi) is 13.6. The van der Waals surface area contributed by atoms with Crippen LogP contribution >= 0.6 is 12.2 Å². The van der Waals surface area contributed by atoms with Crippen LogP contribution in [0.2, 0.25) is 0 Å². The van der Waals surface area contributed by atoms with Gasteiger partial charge in [0.05, 0.1) is 31.9 Å². The Hall–Kier alpha value is -3.01. The Labute approximate surface area is 225 Å². The molecule has 0 radical (unpaired) electrons. The molecule has 0 heterocycles. The van der Waals surface area contributed by atoms with Gasteiger partial charge in [-0.1, -0.05) is 61.6 Å². The van der Waals surface area contributed by atoms with Crippen molar-refractivity contribution < 1.29 is 23.8 Å². The van der Waals surface area contributed by atoms with Gasteiger partial charge in [0.1, 0.15) is 5.75 Å².